The van der Waals surface area contributed by atoms with E-state index in [4.69, 9.17) is 0 Å². The summed E-state index contributed by atoms with van der Waals surface area (Å²) < 4.78 is 0. The van der Waals surface area contributed by atoms with Crippen LogP contribution in [0.15, 0.2) is 5.00 Å². The fourth-order valence-electron chi connectivity index (χ4n) is 0. The summed E-state index contributed by atoms with van der Waals surface area (Å²) >= 11 is 0. The molecule has 4 heavy (non-hydrogen) atoms. The van der Waals surface area contributed by atoms with Gasteiger partial charge in [0.25, 0.3) is 0 Å². The first-order valence-electron chi connectivity index (χ1n) is 1.09. The van der Waals surface area contributed by atoms with Crippen LogP contribution in [-0.2, 0) is 0 Å². The number of hydrogen-bond donors (Lipinski definition) is 1. The van der Waals surface area contributed by atoms with Gasteiger partial charge in [0, 0.05) is 0 Å². The normalized spacial score (nSPS) is 7.00. The molecule has 0 radical (unpaired) electrons. The standard InChI is InChI=1S/B2H4N2/c1-2-4-3/h1,3H2. The van der Waals surface area contributed by atoms with Crippen molar-refractivity contribution in [2.45, 2.75) is 0 Å². The predicted molar refractivity (Wildman–Crippen MR) is 20.9 cm³/mol. The maximum atomic E-state index is 4.60. The zero-order valence-electron chi connectivity index (χ0n) is 2.60. The predicted octanol–water partition coefficient (Wildman–Crippen LogP) is -1.70. The molecule has 0 aliphatic carbocycles. The number of nitrogens with zero attached hydrogens (tertiary/aromatic N) is 1. The van der Waals surface area contributed by atoms with Crippen molar-refractivity contribution in [1.82, 2.24) is 0 Å². The minimum absolute atomic E-state index is 1.53. The van der Waals surface area contributed by atoms with E-state index >= 15 is 0 Å². The Labute approximate surface area is 26.7 Å². The van der Waals surface area contributed by atoms with Gasteiger partial charge >= 0.3 is 25.5 Å². The van der Waals surface area contributed by atoms with E-state index in [1.807, 2.05) is 0 Å². The molecule has 0 aromatic rings. The van der Waals surface area contributed by atoms with Gasteiger partial charge in [0.15, 0.2) is 0 Å². The molecule has 0 unspecified atom stereocenters. The summed E-state index contributed by atoms with van der Waals surface area (Å²) in [6.07, 6.45) is 0. The van der Waals surface area contributed by atoms with E-state index in [-0.39, 0.29) is 0 Å². The van der Waals surface area contributed by atoms with Gasteiger partial charge in [-0.3, -0.25) is 0 Å². The molecule has 0 rings (SSSR count). The fourth-order valence-corrected chi connectivity index (χ4v) is 0. The van der Waals surface area contributed by atoms with Crippen molar-refractivity contribution in [3.05, 3.63) is 0 Å². The Hall–Kier alpha value is -0.270. The van der Waals surface area contributed by atoms with Crippen LogP contribution in [0.2, 0.25) is 0 Å². The summed E-state index contributed by atoms with van der Waals surface area (Å²) in [5.74, 6) is 4.60. The van der Waals surface area contributed by atoms with Gasteiger partial charge in [-0.05, 0) is 0 Å². The van der Waals surface area contributed by atoms with E-state index in [1.54, 1.807) is 7.74 Å². The summed E-state index contributed by atoms with van der Waals surface area (Å²) in [4.78, 5) is 0. The molecular formula is H4B2N2. The Morgan fingerprint density at radius 3 is 2.25 bits per heavy atom. The van der Waals surface area contributed by atoms with Crippen molar-refractivity contribution in [2.75, 3.05) is 0 Å². The monoisotopic (exact) mass is 54.1 g/mol. The molecule has 0 amide bonds. The van der Waals surface area contributed by atoms with Gasteiger partial charge in [-0.25, -0.2) is 0 Å². The Morgan fingerprint density at radius 2 is 2.25 bits per heavy atom. The van der Waals surface area contributed by atoms with E-state index in [2.05, 4.69) is 10.8 Å². The van der Waals surface area contributed by atoms with Gasteiger partial charge < -0.3 is 0 Å². The van der Waals surface area contributed by atoms with Gasteiger partial charge in [0.1, 0.15) is 0 Å². The fraction of sp³-hybridized carbons (Fsp3) is 0. The third kappa shape index (κ3) is 1.73. The van der Waals surface area contributed by atoms with Gasteiger partial charge in [-0.15, -0.1) is 0 Å². The summed E-state index contributed by atoms with van der Waals surface area (Å²) in [6.45, 7) is 1.53. The second-order valence-corrected chi connectivity index (χ2v) is 0.407. The van der Waals surface area contributed by atoms with Crippen LogP contribution in [0.4, 0.5) is 0 Å². The molecule has 0 saturated heterocycles. The van der Waals surface area contributed by atoms with E-state index in [1.165, 1.54) is 6.96 Å². The molecule has 0 fully saturated rings. The van der Waals surface area contributed by atoms with Crippen molar-refractivity contribution in [1.29, 1.82) is 0 Å². The molecule has 0 bridgehead atoms. The van der Waals surface area contributed by atoms with Crippen molar-refractivity contribution in [3.63, 3.8) is 0 Å². The first kappa shape index (κ1) is 3.73. The number of nitrogens with two attached hydrogens (primary N) is 1. The van der Waals surface area contributed by atoms with E-state index in [0.717, 1.165) is 0 Å². The number of hydrogen-bond acceptors (Lipinski definition) is 2. The SMILES string of the molecule is BB=NN. The molecule has 0 aliphatic heterocycles. The summed E-state index contributed by atoms with van der Waals surface area (Å²) in [7, 11) is 1.76. The van der Waals surface area contributed by atoms with Gasteiger partial charge in [-0.1, -0.05) is 0 Å². The Morgan fingerprint density at radius 1 is 2.00 bits per heavy atom. The Kier molecular flexibility index (Phi) is 2.55. The summed E-state index contributed by atoms with van der Waals surface area (Å²) in [5.41, 5.74) is 0. The molecule has 0 aliphatic rings. The van der Waals surface area contributed by atoms with Gasteiger partial charge in [0.05, 0.1) is 0 Å². The third-order valence-electron chi connectivity index (χ3n) is 0.149. The van der Waals surface area contributed by atoms with Crippen LogP contribution in [0.1, 0.15) is 0 Å². The molecule has 4 heteroatoms. The molecule has 0 saturated carbocycles. The molecule has 20 valence electrons. The van der Waals surface area contributed by atoms with Crippen molar-refractivity contribution < 1.29 is 0 Å². The molecule has 2 N–H and O–H groups in total. The molecular weight excluding hydrogens is 49.6 g/mol. The zero-order chi connectivity index (χ0) is 3.41. The molecule has 0 aromatic carbocycles. The third-order valence-corrected chi connectivity index (χ3v) is 0.149. The quantitative estimate of drug-likeness (QED) is 0.199. The average Bonchev–Trinajstić information content (AvgIpc) is 1.37. The Bertz CT molecular complexity index is 19.2. The van der Waals surface area contributed by atoms with Crippen molar-refractivity contribution in [3.8, 4) is 0 Å². The van der Waals surface area contributed by atoms with Crippen LogP contribution in [0, 0.1) is 0 Å². The van der Waals surface area contributed by atoms with Crippen LogP contribution in [0.25, 0.3) is 0 Å². The molecule has 0 spiro atoms. The number of rotatable bonds is 0. The summed E-state index contributed by atoms with van der Waals surface area (Å²) in [5, 5.41) is 3.11. The van der Waals surface area contributed by atoms with E-state index in [9.17, 15) is 0 Å². The van der Waals surface area contributed by atoms with Gasteiger partial charge in [-0.2, -0.15) is 0 Å². The summed E-state index contributed by atoms with van der Waals surface area (Å²) in [6, 6.07) is 0. The molecule has 0 atom stereocenters. The minimum atomic E-state index is 1.53. The van der Waals surface area contributed by atoms with Crippen LogP contribution in [0.3, 0.4) is 0 Å². The van der Waals surface area contributed by atoms with Crippen LogP contribution < -0.4 is 5.84 Å². The van der Waals surface area contributed by atoms with Crippen LogP contribution in [-0.4, -0.2) is 14.7 Å². The van der Waals surface area contributed by atoms with Crippen LogP contribution in [0.5, 0.6) is 0 Å². The zero-order valence-corrected chi connectivity index (χ0v) is 2.60. The molecule has 0 aromatic heterocycles. The molecule has 0 heterocycles. The first-order valence-corrected chi connectivity index (χ1v) is 1.09. The van der Waals surface area contributed by atoms with E-state index < -0.39 is 0 Å². The Balaban J connectivity index is 2.55. The maximum absolute atomic E-state index is 4.60. The van der Waals surface area contributed by atoms with E-state index in [0.29, 0.717) is 0 Å². The molecule has 2 nitrogen and oxygen atoms in total. The van der Waals surface area contributed by atoms with Crippen LogP contribution >= 0.6 is 0 Å². The first-order chi connectivity index (χ1) is 1.91. The second kappa shape index (κ2) is 2.73. The van der Waals surface area contributed by atoms with Crippen molar-refractivity contribution >= 4 is 14.7 Å². The second-order valence-electron chi connectivity index (χ2n) is 0.407. The van der Waals surface area contributed by atoms with Gasteiger partial charge in [0.2, 0.25) is 0 Å². The van der Waals surface area contributed by atoms with Crippen molar-refractivity contribution in [2.24, 2.45) is 10.8 Å². The topological polar surface area (TPSA) is 38.4 Å². The average molecular weight is 53.7 g/mol.